The molecule has 108 valence electrons. The van der Waals surface area contributed by atoms with Crippen molar-refractivity contribution in [1.82, 2.24) is 10.3 Å². The molecule has 0 radical (unpaired) electrons. The van der Waals surface area contributed by atoms with Crippen LogP contribution in [0.25, 0.3) is 11.1 Å². The Kier molecular flexibility index (Phi) is 3.08. The lowest BCUT2D eigenvalue weighted by Crippen LogP contribution is -2.23. The third kappa shape index (κ3) is 1.99. The third-order valence-corrected chi connectivity index (χ3v) is 3.78. The summed E-state index contributed by atoms with van der Waals surface area (Å²) in [5.74, 6) is -0.988. The maximum atomic E-state index is 11.3. The molecule has 22 heavy (non-hydrogen) atoms. The molecule has 0 unspecified atom stereocenters. The molecule has 1 aliphatic rings. The molecule has 2 N–H and O–H groups in total. The van der Waals surface area contributed by atoms with Gasteiger partial charge >= 0.3 is 5.76 Å². The lowest BCUT2D eigenvalue weighted by molar-refractivity contribution is 0.555. The fourth-order valence-electron chi connectivity index (χ4n) is 2.76. The van der Waals surface area contributed by atoms with Crippen LogP contribution in [0.2, 0.25) is 0 Å². The zero-order valence-electron chi connectivity index (χ0n) is 12.0. The molecule has 6 heteroatoms. The maximum Gasteiger partial charge on any atom is 0.417 e. The number of aromatic amines is 1. The predicted octanol–water partition coefficient (Wildman–Crippen LogP) is 2.40. The van der Waals surface area contributed by atoms with Gasteiger partial charge in [-0.25, -0.2) is 4.79 Å². The molecule has 0 fully saturated rings. The number of benzene rings is 1. The van der Waals surface area contributed by atoms with Crippen molar-refractivity contribution in [2.24, 2.45) is 0 Å². The first-order chi connectivity index (χ1) is 10.5. The van der Waals surface area contributed by atoms with E-state index in [1.807, 2.05) is 0 Å². The summed E-state index contributed by atoms with van der Waals surface area (Å²) in [6.07, 6.45) is 0. The van der Waals surface area contributed by atoms with Crippen molar-refractivity contribution in [3.8, 4) is 12.1 Å². The number of hydrogen-bond donors (Lipinski definition) is 2. The highest BCUT2D eigenvalue weighted by Crippen LogP contribution is 2.37. The van der Waals surface area contributed by atoms with Gasteiger partial charge in [-0.1, -0.05) is 6.07 Å². The van der Waals surface area contributed by atoms with Crippen molar-refractivity contribution in [2.75, 3.05) is 0 Å². The van der Waals surface area contributed by atoms with E-state index in [0.717, 1.165) is 17.0 Å². The predicted molar refractivity (Wildman–Crippen MR) is 79.3 cm³/mol. The summed E-state index contributed by atoms with van der Waals surface area (Å²) in [6, 6.07) is 9.54. The van der Waals surface area contributed by atoms with Gasteiger partial charge in [0.1, 0.15) is 0 Å². The number of rotatable bonds is 1. The fraction of sp³-hybridized carbons (Fsp3) is 0.188. The molecule has 0 amide bonds. The van der Waals surface area contributed by atoms with Gasteiger partial charge in [-0.05, 0) is 31.5 Å². The Hall–Kier alpha value is -3.25. The third-order valence-electron chi connectivity index (χ3n) is 3.78. The molecule has 1 aromatic heterocycles. The Bertz CT molecular complexity index is 940. The van der Waals surface area contributed by atoms with Crippen LogP contribution in [0, 0.1) is 22.7 Å². The number of dihydropyridines is 1. The normalized spacial score (nSPS) is 15.6. The summed E-state index contributed by atoms with van der Waals surface area (Å²) in [5, 5.41) is 22.0. The Morgan fingerprint density at radius 2 is 1.77 bits per heavy atom. The van der Waals surface area contributed by atoms with Crippen molar-refractivity contribution in [3.63, 3.8) is 0 Å². The van der Waals surface area contributed by atoms with Gasteiger partial charge < -0.3 is 9.73 Å². The van der Waals surface area contributed by atoms with E-state index in [1.165, 1.54) is 0 Å². The van der Waals surface area contributed by atoms with Crippen molar-refractivity contribution < 1.29 is 4.42 Å². The lowest BCUT2D eigenvalue weighted by Gasteiger charge is -2.26. The first kappa shape index (κ1) is 13.7. The van der Waals surface area contributed by atoms with Crippen LogP contribution in [0.5, 0.6) is 0 Å². The standard InChI is InChI=1S/C16H12N4O2/c1-8-11(6-17)15(12(7-18)9(2)19-8)10-3-4-13-14(5-10)22-16(21)20-13/h3-5,15,19H,1-2H3,(H,20,21). The first-order valence-electron chi connectivity index (χ1n) is 6.66. The molecule has 1 aromatic carbocycles. The van der Waals surface area contributed by atoms with E-state index in [-0.39, 0.29) is 0 Å². The average Bonchev–Trinajstić information content (AvgIpc) is 2.85. The number of nitrogens with one attached hydrogen (secondary N) is 2. The van der Waals surface area contributed by atoms with Gasteiger partial charge in [0.15, 0.2) is 5.58 Å². The highest BCUT2D eigenvalue weighted by atomic mass is 16.4. The number of fused-ring (bicyclic) bond motifs is 1. The van der Waals surface area contributed by atoms with Gasteiger partial charge in [-0.3, -0.25) is 4.98 Å². The Labute approximate surface area is 126 Å². The largest absolute Gasteiger partial charge is 0.417 e. The minimum Gasteiger partial charge on any atom is -0.408 e. The lowest BCUT2D eigenvalue weighted by atomic mass is 9.81. The van der Waals surface area contributed by atoms with Crippen LogP contribution in [0.3, 0.4) is 0 Å². The van der Waals surface area contributed by atoms with Crippen molar-refractivity contribution >= 4 is 11.1 Å². The van der Waals surface area contributed by atoms with Crippen LogP contribution >= 0.6 is 0 Å². The van der Waals surface area contributed by atoms with Crippen molar-refractivity contribution in [3.05, 3.63) is 56.9 Å². The highest BCUT2D eigenvalue weighted by molar-refractivity contribution is 5.74. The van der Waals surface area contributed by atoms with Crippen molar-refractivity contribution in [2.45, 2.75) is 19.8 Å². The number of nitriles is 2. The second kappa shape index (κ2) is 4.94. The molecule has 2 heterocycles. The Balaban J connectivity index is 2.24. The van der Waals surface area contributed by atoms with Crippen LogP contribution in [0.1, 0.15) is 25.3 Å². The number of hydrogen-bond acceptors (Lipinski definition) is 5. The minimum atomic E-state index is -0.531. The molecular weight excluding hydrogens is 280 g/mol. The van der Waals surface area contributed by atoms with Crippen LogP contribution in [0.15, 0.2) is 50.0 Å². The molecule has 2 aromatic rings. The number of aromatic nitrogens is 1. The second-order valence-electron chi connectivity index (χ2n) is 5.13. The van der Waals surface area contributed by atoms with Gasteiger partial charge in [-0.15, -0.1) is 0 Å². The molecule has 0 atom stereocenters. The maximum absolute atomic E-state index is 11.3. The number of oxazole rings is 1. The van der Waals surface area contributed by atoms with Crippen LogP contribution in [0.4, 0.5) is 0 Å². The second-order valence-corrected chi connectivity index (χ2v) is 5.13. The van der Waals surface area contributed by atoms with E-state index in [9.17, 15) is 15.3 Å². The number of nitrogens with zero attached hydrogens (tertiary/aromatic N) is 2. The molecule has 3 rings (SSSR count). The quantitative estimate of drug-likeness (QED) is 0.839. The summed E-state index contributed by atoms with van der Waals surface area (Å²) in [6.45, 7) is 3.61. The van der Waals surface area contributed by atoms with Crippen LogP contribution in [-0.4, -0.2) is 4.98 Å². The smallest absolute Gasteiger partial charge is 0.408 e. The van der Waals surface area contributed by atoms with Gasteiger partial charge in [-0.2, -0.15) is 10.5 Å². The van der Waals surface area contributed by atoms with Gasteiger partial charge in [0.05, 0.1) is 34.7 Å². The minimum absolute atomic E-state index is 0.408. The van der Waals surface area contributed by atoms with E-state index in [1.54, 1.807) is 32.0 Å². The fourth-order valence-corrected chi connectivity index (χ4v) is 2.76. The monoisotopic (exact) mass is 292 g/mol. The summed E-state index contributed by atoms with van der Waals surface area (Å²) in [7, 11) is 0. The van der Waals surface area contributed by atoms with E-state index >= 15 is 0 Å². The number of H-pyrrole nitrogens is 1. The summed E-state index contributed by atoms with van der Waals surface area (Å²) in [5.41, 5.74) is 4.15. The topological polar surface area (TPSA) is 106 Å². The Morgan fingerprint density at radius 3 is 2.36 bits per heavy atom. The number of allylic oxidation sites excluding steroid dienone is 4. The zero-order chi connectivity index (χ0) is 15.9. The molecular formula is C16H12N4O2. The average molecular weight is 292 g/mol. The van der Waals surface area contributed by atoms with E-state index < -0.39 is 11.7 Å². The Morgan fingerprint density at radius 1 is 1.14 bits per heavy atom. The van der Waals surface area contributed by atoms with E-state index in [0.29, 0.717) is 22.2 Å². The summed E-state index contributed by atoms with van der Waals surface area (Å²) >= 11 is 0. The van der Waals surface area contributed by atoms with Crippen LogP contribution in [-0.2, 0) is 0 Å². The molecule has 0 bridgehead atoms. The first-order valence-corrected chi connectivity index (χ1v) is 6.66. The zero-order valence-corrected chi connectivity index (χ0v) is 12.0. The summed E-state index contributed by atoms with van der Waals surface area (Å²) in [4.78, 5) is 13.8. The molecule has 1 aliphatic heterocycles. The van der Waals surface area contributed by atoms with Gasteiger partial charge in [0.25, 0.3) is 0 Å². The molecule has 0 aliphatic carbocycles. The van der Waals surface area contributed by atoms with E-state index in [4.69, 9.17) is 4.42 Å². The van der Waals surface area contributed by atoms with Crippen molar-refractivity contribution in [1.29, 1.82) is 10.5 Å². The van der Waals surface area contributed by atoms with Crippen LogP contribution < -0.4 is 11.1 Å². The molecule has 6 nitrogen and oxygen atoms in total. The highest BCUT2D eigenvalue weighted by Gasteiger charge is 2.29. The molecule has 0 spiro atoms. The molecule has 0 saturated carbocycles. The SMILES string of the molecule is CC1=C(C#N)C(c2ccc3[nH]c(=O)oc3c2)C(C#N)=C(C)N1. The van der Waals surface area contributed by atoms with Gasteiger partial charge in [0.2, 0.25) is 0 Å². The van der Waals surface area contributed by atoms with E-state index in [2.05, 4.69) is 22.4 Å². The summed E-state index contributed by atoms with van der Waals surface area (Å²) < 4.78 is 5.07. The molecule has 0 saturated heterocycles. The van der Waals surface area contributed by atoms with Gasteiger partial charge in [0, 0.05) is 11.4 Å².